The van der Waals surface area contributed by atoms with Crippen molar-refractivity contribution in [3.63, 3.8) is 0 Å². The zero-order valence-electron chi connectivity index (χ0n) is 15.9. The van der Waals surface area contributed by atoms with Crippen molar-refractivity contribution < 1.29 is 14.5 Å². The highest BCUT2D eigenvalue weighted by Gasteiger charge is 2.17. The fourth-order valence-electron chi connectivity index (χ4n) is 2.89. The minimum atomic E-state index is -0.476. The number of rotatable bonds is 8. The predicted molar refractivity (Wildman–Crippen MR) is 108 cm³/mol. The molecule has 0 saturated heterocycles. The Morgan fingerprint density at radius 1 is 1.14 bits per heavy atom. The molecule has 1 heterocycles. The van der Waals surface area contributed by atoms with Crippen molar-refractivity contribution in [1.82, 2.24) is 10.3 Å². The summed E-state index contributed by atoms with van der Waals surface area (Å²) in [5, 5.41) is 14.0. The molecule has 0 bridgehead atoms. The summed E-state index contributed by atoms with van der Waals surface area (Å²) in [6.45, 7) is 2.29. The van der Waals surface area contributed by atoms with E-state index in [-0.39, 0.29) is 24.1 Å². The molecule has 0 aliphatic rings. The zero-order valence-corrected chi connectivity index (χ0v) is 15.9. The molecule has 29 heavy (non-hydrogen) atoms. The minimum absolute atomic E-state index is 0.0478. The zero-order chi connectivity index (χ0) is 20.6. The number of pyridine rings is 1. The molecule has 0 aliphatic heterocycles. The maximum atomic E-state index is 12.3. The van der Waals surface area contributed by atoms with Gasteiger partial charge in [0.25, 0.3) is 5.69 Å². The topological polar surface area (TPSA) is 94.4 Å². The quantitative estimate of drug-likeness (QED) is 0.463. The van der Waals surface area contributed by atoms with Gasteiger partial charge >= 0.3 is 0 Å². The summed E-state index contributed by atoms with van der Waals surface area (Å²) in [7, 11) is 0. The number of ether oxygens (including phenoxy) is 1. The number of aromatic nitrogens is 1. The van der Waals surface area contributed by atoms with Crippen LogP contribution in [-0.4, -0.2) is 15.8 Å². The lowest BCUT2D eigenvalue weighted by Crippen LogP contribution is -2.28. The lowest BCUT2D eigenvalue weighted by Gasteiger charge is -2.15. The van der Waals surface area contributed by atoms with Crippen LogP contribution in [0.5, 0.6) is 5.75 Å². The Balaban J connectivity index is 1.55. The summed E-state index contributed by atoms with van der Waals surface area (Å²) in [6, 6.07) is 17.3. The normalized spacial score (nSPS) is 11.5. The number of amides is 1. The summed E-state index contributed by atoms with van der Waals surface area (Å²) < 4.78 is 5.73. The average molecular weight is 391 g/mol. The summed E-state index contributed by atoms with van der Waals surface area (Å²) >= 11 is 0. The van der Waals surface area contributed by atoms with Gasteiger partial charge in [-0.25, -0.2) is 0 Å². The highest BCUT2D eigenvalue weighted by atomic mass is 16.6. The number of benzene rings is 2. The molecule has 1 aromatic heterocycles. The van der Waals surface area contributed by atoms with Crippen LogP contribution in [-0.2, 0) is 17.8 Å². The van der Waals surface area contributed by atoms with Crippen LogP contribution >= 0.6 is 0 Å². The van der Waals surface area contributed by atoms with E-state index in [1.54, 1.807) is 30.6 Å². The SMILES string of the molecule is CC(NC(=O)Cc1ccccc1[N+](=O)[O-])c1ccc(OCc2cccnc2)cc1. The maximum Gasteiger partial charge on any atom is 0.273 e. The monoisotopic (exact) mass is 391 g/mol. The number of nitrogens with zero attached hydrogens (tertiary/aromatic N) is 2. The van der Waals surface area contributed by atoms with Crippen LogP contribution in [0.1, 0.15) is 29.7 Å². The fraction of sp³-hybridized carbons (Fsp3) is 0.182. The second kappa shape index (κ2) is 9.45. The number of carbonyl (C=O) groups excluding carboxylic acids is 1. The van der Waals surface area contributed by atoms with Gasteiger partial charge in [-0.3, -0.25) is 19.9 Å². The Morgan fingerprint density at radius 2 is 1.90 bits per heavy atom. The number of para-hydroxylation sites is 1. The van der Waals surface area contributed by atoms with Gasteiger partial charge in [-0.05, 0) is 30.7 Å². The smallest absolute Gasteiger partial charge is 0.273 e. The molecular formula is C22H21N3O4. The lowest BCUT2D eigenvalue weighted by molar-refractivity contribution is -0.385. The Labute approximate surface area is 168 Å². The molecule has 3 rings (SSSR count). The van der Waals surface area contributed by atoms with E-state index >= 15 is 0 Å². The second-order valence-corrected chi connectivity index (χ2v) is 6.57. The van der Waals surface area contributed by atoms with Crippen molar-refractivity contribution in [2.45, 2.75) is 26.0 Å². The third kappa shape index (κ3) is 5.62. The third-order valence-corrected chi connectivity index (χ3v) is 4.43. The van der Waals surface area contributed by atoms with Gasteiger partial charge in [0.1, 0.15) is 12.4 Å². The van der Waals surface area contributed by atoms with E-state index in [0.717, 1.165) is 16.9 Å². The van der Waals surface area contributed by atoms with Gasteiger partial charge in [0.15, 0.2) is 0 Å². The summed E-state index contributed by atoms with van der Waals surface area (Å²) in [5.74, 6) is 0.444. The first kappa shape index (κ1) is 20.0. The van der Waals surface area contributed by atoms with Crippen LogP contribution in [0.3, 0.4) is 0 Å². The first-order valence-corrected chi connectivity index (χ1v) is 9.16. The lowest BCUT2D eigenvalue weighted by atomic mass is 10.1. The molecular weight excluding hydrogens is 370 g/mol. The minimum Gasteiger partial charge on any atom is -0.489 e. The highest BCUT2D eigenvalue weighted by Crippen LogP contribution is 2.20. The third-order valence-electron chi connectivity index (χ3n) is 4.43. The Hall–Kier alpha value is -3.74. The van der Waals surface area contributed by atoms with Crippen LogP contribution in [0.25, 0.3) is 0 Å². The van der Waals surface area contributed by atoms with Gasteiger partial charge in [0.2, 0.25) is 5.91 Å². The standard InChI is InChI=1S/C22H21N3O4/c1-16(24-22(26)13-19-6-2-3-7-21(19)25(27)28)18-8-10-20(11-9-18)29-15-17-5-4-12-23-14-17/h2-12,14,16H,13,15H2,1H3,(H,24,26). The first-order chi connectivity index (χ1) is 14.0. The molecule has 0 fully saturated rings. The number of nitro benzene ring substituents is 1. The summed E-state index contributed by atoms with van der Waals surface area (Å²) in [6.07, 6.45) is 3.42. The molecule has 0 saturated carbocycles. The van der Waals surface area contributed by atoms with Crippen molar-refractivity contribution in [2.75, 3.05) is 0 Å². The number of hydrogen-bond donors (Lipinski definition) is 1. The van der Waals surface area contributed by atoms with Gasteiger partial charge in [0.05, 0.1) is 17.4 Å². The van der Waals surface area contributed by atoms with Gasteiger partial charge in [-0.1, -0.05) is 36.4 Å². The highest BCUT2D eigenvalue weighted by molar-refractivity contribution is 5.80. The van der Waals surface area contributed by atoms with Crippen LogP contribution in [0, 0.1) is 10.1 Å². The molecule has 148 valence electrons. The van der Waals surface area contributed by atoms with Gasteiger partial charge < -0.3 is 10.1 Å². The molecule has 7 heteroatoms. The average Bonchev–Trinajstić information content (AvgIpc) is 2.73. The molecule has 3 aromatic rings. The van der Waals surface area contributed by atoms with E-state index < -0.39 is 4.92 Å². The fourth-order valence-corrected chi connectivity index (χ4v) is 2.89. The van der Waals surface area contributed by atoms with Crippen molar-refractivity contribution >= 4 is 11.6 Å². The second-order valence-electron chi connectivity index (χ2n) is 6.57. The molecule has 2 aromatic carbocycles. The van der Waals surface area contributed by atoms with Crippen LogP contribution in [0.2, 0.25) is 0 Å². The van der Waals surface area contributed by atoms with Crippen LogP contribution in [0.4, 0.5) is 5.69 Å². The Bertz CT molecular complexity index is 975. The Kier molecular flexibility index (Phi) is 6.52. The van der Waals surface area contributed by atoms with Gasteiger partial charge in [-0.2, -0.15) is 0 Å². The van der Waals surface area contributed by atoms with Crippen LogP contribution in [0.15, 0.2) is 73.1 Å². The molecule has 0 spiro atoms. The molecule has 0 radical (unpaired) electrons. The molecule has 1 N–H and O–H groups in total. The van der Waals surface area contributed by atoms with E-state index in [2.05, 4.69) is 10.3 Å². The van der Waals surface area contributed by atoms with Gasteiger partial charge in [-0.15, -0.1) is 0 Å². The summed E-state index contributed by atoms with van der Waals surface area (Å²) in [5.41, 5.74) is 2.23. The Morgan fingerprint density at radius 3 is 2.59 bits per heavy atom. The number of hydrogen-bond acceptors (Lipinski definition) is 5. The van der Waals surface area contributed by atoms with E-state index in [0.29, 0.717) is 12.2 Å². The van der Waals surface area contributed by atoms with Crippen molar-refractivity contribution in [3.8, 4) is 5.75 Å². The molecule has 1 atom stereocenters. The van der Waals surface area contributed by atoms with E-state index in [1.165, 1.54) is 6.07 Å². The summed E-state index contributed by atoms with van der Waals surface area (Å²) in [4.78, 5) is 27.0. The van der Waals surface area contributed by atoms with E-state index in [1.807, 2.05) is 43.3 Å². The van der Waals surface area contributed by atoms with Crippen molar-refractivity contribution in [3.05, 3.63) is 99.9 Å². The predicted octanol–water partition coefficient (Wildman–Crippen LogP) is 3.99. The van der Waals surface area contributed by atoms with Gasteiger partial charge in [0, 0.05) is 29.6 Å². The molecule has 0 aliphatic carbocycles. The number of nitrogens with one attached hydrogen (secondary N) is 1. The van der Waals surface area contributed by atoms with Crippen molar-refractivity contribution in [2.24, 2.45) is 0 Å². The molecule has 7 nitrogen and oxygen atoms in total. The van der Waals surface area contributed by atoms with E-state index in [9.17, 15) is 14.9 Å². The number of carbonyl (C=O) groups is 1. The first-order valence-electron chi connectivity index (χ1n) is 9.16. The maximum absolute atomic E-state index is 12.3. The van der Waals surface area contributed by atoms with Crippen molar-refractivity contribution in [1.29, 1.82) is 0 Å². The van der Waals surface area contributed by atoms with E-state index in [4.69, 9.17) is 4.74 Å². The molecule has 1 amide bonds. The molecule has 1 unspecified atom stereocenters. The largest absolute Gasteiger partial charge is 0.489 e. The number of nitro groups is 1. The van der Waals surface area contributed by atoms with Crippen LogP contribution < -0.4 is 10.1 Å².